The summed E-state index contributed by atoms with van der Waals surface area (Å²) in [7, 11) is 0. The molecule has 1 aromatic rings. The maximum Gasteiger partial charge on any atom is 0.140 e. The molecule has 3 N–H and O–H groups in total. The lowest BCUT2D eigenvalue weighted by molar-refractivity contribution is 0.199. The van der Waals surface area contributed by atoms with E-state index in [1.165, 1.54) is 11.3 Å². The number of hydrogen-bond donors (Lipinski definition) is 2. The Morgan fingerprint density at radius 1 is 1.35 bits per heavy atom. The maximum absolute atomic E-state index is 8.63. The van der Waals surface area contributed by atoms with Crippen LogP contribution in [0, 0.1) is 6.92 Å². The van der Waals surface area contributed by atoms with E-state index in [1.807, 2.05) is 0 Å². The largest absolute Gasteiger partial charge is 0.409 e. The van der Waals surface area contributed by atoms with Gasteiger partial charge in [-0.25, -0.2) is 0 Å². The first kappa shape index (κ1) is 14.7. The number of aryl methyl sites for hydroxylation is 1. The predicted octanol–water partition coefficient (Wildman–Crippen LogP) is 1.64. The molecule has 1 atom stereocenters. The van der Waals surface area contributed by atoms with Crippen LogP contribution in [0.1, 0.15) is 18.9 Å². The average molecular weight is 276 g/mol. The number of amidine groups is 1. The molecular formula is C15H24N4O. The first-order valence-electron chi connectivity index (χ1n) is 7.12. The van der Waals surface area contributed by atoms with Gasteiger partial charge in [-0.15, -0.1) is 0 Å². The third-order valence-corrected chi connectivity index (χ3v) is 3.94. The molecule has 0 amide bonds. The minimum atomic E-state index is 0.304. The second-order valence-corrected chi connectivity index (χ2v) is 5.51. The zero-order chi connectivity index (χ0) is 14.5. The van der Waals surface area contributed by atoms with Gasteiger partial charge in [-0.2, -0.15) is 0 Å². The Balaban J connectivity index is 1.89. The lowest BCUT2D eigenvalue weighted by Crippen LogP contribution is -2.50. The molecule has 1 aliphatic heterocycles. The number of anilines is 1. The molecule has 110 valence electrons. The molecule has 0 saturated carbocycles. The molecular weight excluding hydrogens is 252 g/mol. The normalized spacial score (nSPS) is 19.1. The summed E-state index contributed by atoms with van der Waals surface area (Å²) in [4.78, 5) is 4.81. The van der Waals surface area contributed by atoms with E-state index in [2.05, 4.69) is 53.1 Å². The quantitative estimate of drug-likeness (QED) is 0.380. The van der Waals surface area contributed by atoms with Gasteiger partial charge in [-0.3, -0.25) is 4.90 Å². The Kier molecular flexibility index (Phi) is 4.84. The van der Waals surface area contributed by atoms with Gasteiger partial charge < -0.3 is 15.8 Å². The molecule has 1 unspecified atom stereocenters. The molecule has 0 radical (unpaired) electrons. The Morgan fingerprint density at radius 3 is 2.65 bits per heavy atom. The number of rotatable bonds is 4. The van der Waals surface area contributed by atoms with Crippen LogP contribution in [-0.2, 0) is 0 Å². The molecule has 1 saturated heterocycles. The van der Waals surface area contributed by atoms with Crippen molar-refractivity contribution in [3.05, 3.63) is 29.8 Å². The van der Waals surface area contributed by atoms with E-state index in [9.17, 15) is 0 Å². The van der Waals surface area contributed by atoms with Gasteiger partial charge in [0.05, 0.1) is 0 Å². The summed E-state index contributed by atoms with van der Waals surface area (Å²) in [6.45, 7) is 8.30. The molecule has 20 heavy (non-hydrogen) atoms. The van der Waals surface area contributed by atoms with E-state index in [4.69, 9.17) is 10.9 Å². The minimum Gasteiger partial charge on any atom is -0.409 e. The number of hydrogen-bond acceptors (Lipinski definition) is 4. The molecule has 0 spiro atoms. The average Bonchev–Trinajstić information content (AvgIpc) is 2.47. The summed E-state index contributed by atoms with van der Waals surface area (Å²) in [5, 5.41) is 11.7. The van der Waals surface area contributed by atoms with Crippen molar-refractivity contribution in [2.45, 2.75) is 26.3 Å². The summed E-state index contributed by atoms with van der Waals surface area (Å²) in [6, 6.07) is 8.94. The minimum absolute atomic E-state index is 0.304. The number of piperazine rings is 1. The highest BCUT2D eigenvalue weighted by Gasteiger charge is 2.21. The number of nitrogens with zero attached hydrogens (tertiary/aromatic N) is 3. The zero-order valence-electron chi connectivity index (χ0n) is 12.3. The van der Waals surface area contributed by atoms with Crippen molar-refractivity contribution >= 4 is 11.5 Å². The molecule has 2 rings (SSSR count). The van der Waals surface area contributed by atoms with Crippen molar-refractivity contribution in [3.63, 3.8) is 0 Å². The zero-order valence-corrected chi connectivity index (χ0v) is 12.3. The molecule has 0 aliphatic carbocycles. The van der Waals surface area contributed by atoms with Crippen LogP contribution >= 0.6 is 0 Å². The van der Waals surface area contributed by atoms with Crippen molar-refractivity contribution < 1.29 is 5.21 Å². The van der Waals surface area contributed by atoms with E-state index in [0.717, 1.165) is 26.2 Å². The third kappa shape index (κ3) is 3.63. The van der Waals surface area contributed by atoms with Crippen molar-refractivity contribution in [2.24, 2.45) is 10.9 Å². The number of benzene rings is 1. The molecule has 1 aliphatic rings. The highest BCUT2D eigenvalue weighted by molar-refractivity contribution is 5.80. The van der Waals surface area contributed by atoms with Crippen LogP contribution in [0.25, 0.3) is 0 Å². The third-order valence-electron chi connectivity index (χ3n) is 3.94. The predicted molar refractivity (Wildman–Crippen MR) is 82.5 cm³/mol. The standard InChI is InChI=1S/C15H24N4O/c1-12-4-3-5-14(10-12)19-8-6-18(7-9-19)13(2)11-15(16)17-20/h3-5,10,13,20H,6-9,11H2,1-2H3,(H2,16,17). The topological polar surface area (TPSA) is 65.1 Å². The SMILES string of the molecule is Cc1cccc(N2CCN(C(C)CC(N)=NO)CC2)c1. The van der Waals surface area contributed by atoms with E-state index in [-0.39, 0.29) is 0 Å². The second kappa shape index (κ2) is 6.61. The molecule has 5 nitrogen and oxygen atoms in total. The Hall–Kier alpha value is -1.75. The van der Waals surface area contributed by atoms with Crippen molar-refractivity contribution in [2.75, 3.05) is 31.1 Å². The highest BCUT2D eigenvalue weighted by Crippen LogP contribution is 2.19. The summed E-state index contributed by atoms with van der Waals surface area (Å²) in [5.41, 5.74) is 8.17. The van der Waals surface area contributed by atoms with Gasteiger partial charge in [0.25, 0.3) is 0 Å². The van der Waals surface area contributed by atoms with E-state index in [0.29, 0.717) is 18.3 Å². The summed E-state index contributed by atoms with van der Waals surface area (Å²) >= 11 is 0. The first-order chi connectivity index (χ1) is 9.60. The monoisotopic (exact) mass is 276 g/mol. The lowest BCUT2D eigenvalue weighted by atomic mass is 10.1. The first-order valence-corrected chi connectivity index (χ1v) is 7.12. The van der Waals surface area contributed by atoms with Gasteiger partial charge in [0.2, 0.25) is 0 Å². The molecule has 1 fully saturated rings. The van der Waals surface area contributed by atoms with Crippen LogP contribution < -0.4 is 10.6 Å². The lowest BCUT2D eigenvalue weighted by Gasteiger charge is -2.39. The fourth-order valence-electron chi connectivity index (χ4n) is 2.72. The molecule has 1 heterocycles. The highest BCUT2D eigenvalue weighted by atomic mass is 16.4. The van der Waals surface area contributed by atoms with Gasteiger partial charge in [-0.1, -0.05) is 17.3 Å². The maximum atomic E-state index is 8.63. The van der Waals surface area contributed by atoms with Crippen LogP contribution in [0.3, 0.4) is 0 Å². The van der Waals surface area contributed by atoms with Gasteiger partial charge in [0, 0.05) is 44.3 Å². The molecule has 1 aromatic carbocycles. The van der Waals surface area contributed by atoms with E-state index >= 15 is 0 Å². The molecule has 5 heteroatoms. The Labute approximate surface area is 120 Å². The Morgan fingerprint density at radius 2 is 2.05 bits per heavy atom. The van der Waals surface area contributed by atoms with Crippen LogP contribution in [0.15, 0.2) is 29.4 Å². The summed E-state index contributed by atoms with van der Waals surface area (Å²) < 4.78 is 0. The van der Waals surface area contributed by atoms with Crippen LogP contribution in [-0.4, -0.2) is 48.2 Å². The Bertz CT molecular complexity index is 467. The van der Waals surface area contributed by atoms with Crippen molar-refractivity contribution in [1.29, 1.82) is 0 Å². The summed E-state index contributed by atoms with van der Waals surface area (Å²) in [5.74, 6) is 0.304. The van der Waals surface area contributed by atoms with Crippen molar-refractivity contribution in [1.82, 2.24) is 4.90 Å². The van der Waals surface area contributed by atoms with Gasteiger partial charge in [0.1, 0.15) is 5.84 Å². The number of nitrogens with two attached hydrogens (primary N) is 1. The van der Waals surface area contributed by atoms with Gasteiger partial charge in [0.15, 0.2) is 0 Å². The van der Waals surface area contributed by atoms with E-state index in [1.54, 1.807) is 0 Å². The van der Waals surface area contributed by atoms with Crippen LogP contribution in [0.4, 0.5) is 5.69 Å². The van der Waals surface area contributed by atoms with Gasteiger partial charge in [-0.05, 0) is 31.5 Å². The van der Waals surface area contributed by atoms with Crippen molar-refractivity contribution in [3.8, 4) is 0 Å². The molecule has 0 bridgehead atoms. The van der Waals surface area contributed by atoms with Crippen LogP contribution in [0.5, 0.6) is 0 Å². The summed E-state index contributed by atoms with van der Waals surface area (Å²) in [6.07, 6.45) is 0.612. The van der Waals surface area contributed by atoms with E-state index < -0.39 is 0 Å². The molecule has 0 aromatic heterocycles. The fraction of sp³-hybridized carbons (Fsp3) is 0.533. The van der Waals surface area contributed by atoms with Crippen LogP contribution in [0.2, 0.25) is 0 Å². The smallest absolute Gasteiger partial charge is 0.140 e. The fourth-order valence-corrected chi connectivity index (χ4v) is 2.72. The number of oxime groups is 1. The second-order valence-electron chi connectivity index (χ2n) is 5.51. The van der Waals surface area contributed by atoms with Gasteiger partial charge >= 0.3 is 0 Å².